The molecule has 0 saturated heterocycles. The molecule has 4 nitrogen and oxygen atoms in total. The van der Waals surface area contributed by atoms with Gasteiger partial charge in [0, 0.05) is 18.8 Å². The molecule has 1 rings (SSSR count). The first-order valence-electron chi connectivity index (χ1n) is 5.35. The first-order chi connectivity index (χ1) is 7.11. The molecule has 0 aliphatic rings. The summed E-state index contributed by atoms with van der Waals surface area (Å²) in [5, 5.41) is 9.12. The zero-order valence-electron chi connectivity index (χ0n) is 9.73. The molecule has 1 heterocycles. The van der Waals surface area contributed by atoms with E-state index in [4.69, 9.17) is 5.73 Å². The van der Waals surface area contributed by atoms with Crippen molar-refractivity contribution >= 4 is 11.8 Å². The highest BCUT2D eigenvalue weighted by Gasteiger charge is 2.04. The Balaban J connectivity index is 2.18. The second-order valence-electron chi connectivity index (χ2n) is 3.91. The summed E-state index contributed by atoms with van der Waals surface area (Å²) >= 11 is 1.77. The third-order valence-electron chi connectivity index (χ3n) is 2.34. The van der Waals surface area contributed by atoms with E-state index in [9.17, 15) is 0 Å². The first-order valence-corrected chi connectivity index (χ1v) is 6.34. The van der Waals surface area contributed by atoms with E-state index in [-0.39, 0.29) is 0 Å². The van der Waals surface area contributed by atoms with Gasteiger partial charge in [0.2, 0.25) is 0 Å². The topological polar surface area (TPSA) is 56.7 Å². The number of rotatable bonds is 6. The summed E-state index contributed by atoms with van der Waals surface area (Å²) in [5.41, 5.74) is 5.68. The molecular formula is C10H20N4S. The highest BCUT2D eigenvalue weighted by Crippen LogP contribution is 2.17. The molecule has 0 saturated carbocycles. The van der Waals surface area contributed by atoms with Crippen molar-refractivity contribution in [2.75, 3.05) is 5.75 Å². The third kappa shape index (κ3) is 4.22. The van der Waals surface area contributed by atoms with Gasteiger partial charge in [0.05, 0.1) is 0 Å². The number of unbranched alkanes of at least 4 members (excludes halogenated alkanes) is 1. The van der Waals surface area contributed by atoms with E-state index in [2.05, 4.69) is 17.1 Å². The van der Waals surface area contributed by atoms with E-state index in [1.54, 1.807) is 11.8 Å². The van der Waals surface area contributed by atoms with Crippen LogP contribution in [-0.4, -0.2) is 26.6 Å². The molecule has 0 radical (unpaired) electrons. The number of aromatic nitrogens is 3. The van der Waals surface area contributed by atoms with E-state index in [1.807, 2.05) is 18.5 Å². The molecule has 5 heteroatoms. The Morgan fingerprint density at radius 2 is 2.13 bits per heavy atom. The van der Waals surface area contributed by atoms with Crippen LogP contribution in [0, 0.1) is 6.92 Å². The number of hydrogen-bond acceptors (Lipinski definition) is 4. The first kappa shape index (κ1) is 12.5. The van der Waals surface area contributed by atoms with Gasteiger partial charge >= 0.3 is 0 Å². The molecule has 0 aliphatic heterocycles. The third-order valence-corrected chi connectivity index (χ3v) is 3.44. The van der Waals surface area contributed by atoms with Gasteiger partial charge in [-0.1, -0.05) is 18.2 Å². The van der Waals surface area contributed by atoms with Crippen molar-refractivity contribution in [3.8, 4) is 0 Å². The predicted molar refractivity (Wildman–Crippen MR) is 64.0 cm³/mol. The molecule has 1 aromatic heterocycles. The van der Waals surface area contributed by atoms with Crippen molar-refractivity contribution in [2.45, 2.75) is 44.3 Å². The van der Waals surface area contributed by atoms with Crippen LogP contribution in [0.25, 0.3) is 0 Å². The van der Waals surface area contributed by atoms with Gasteiger partial charge in [-0.2, -0.15) is 0 Å². The largest absolute Gasteiger partial charge is 0.328 e. The minimum absolute atomic E-state index is 0.326. The standard InChI is InChI=1S/C10H20N4S/c1-8(11)6-4-5-7-15-10-13-12-9(2)14(10)3/h8H,4-7,11H2,1-3H3. The zero-order chi connectivity index (χ0) is 11.3. The summed E-state index contributed by atoms with van der Waals surface area (Å²) in [6, 6.07) is 0.326. The number of nitrogens with two attached hydrogens (primary N) is 1. The van der Waals surface area contributed by atoms with Crippen LogP contribution in [0.4, 0.5) is 0 Å². The Hall–Kier alpha value is -0.550. The molecule has 0 aliphatic carbocycles. The van der Waals surface area contributed by atoms with Crippen molar-refractivity contribution in [1.29, 1.82) is 0 Å². The summed E-state index contributed by atoms with van der Waals surface area (Å²) < 4.78 is 2.02. The Kier molecular flexibility index (Phi) is 5.11. The Morgan fingerprint density at radius 3 is 2.67 bits per heavy atom. The molecule has 86 valence electrons. The maximum Gasteiger partial charge on any atom is 0.190 e. The molecule has 1 aromatic rings. The van der Waals surface area contributed by atoms with Gasteiger partial charge in [0.25, 0.3) is 0 Å². The lowest BCUT2D eigenvalue weighted by atomic mass is 10.2. The summed E-state index contributed by atoms with van der Waals surface area (Å²) in [6.45, 7) is 4.02. The SMILES string of the molecule is Cc1nnc(SCCCCC(C)N)n1C. The molecule has 0 fully saturated rings. The summed E-state index contributed by atoms with van der Waals surface area (Å²) in [6.07, 6.45) is 3.50. The van der Waals surface area contributed by atoms with Gasteiger partial charge in [-0.25, -0.2) is 0 Å². The smallest absolute Gasteiger partial charge is 0.190 e. The van der Waals surface area contributed by atoms with E-state index >= 15 is 0 Å². The predicted octanol–water partition coefficient (Wildman–Crippen LogP) is 1.73. The number of hydrogen-bond donors (Lipinski definition) is 1. The van der Waals surface area contributed by atoms with Crippen LogP contribution in [0.15, 0.2) is 5.16 Å². The monoisotopic (exact) mass is 228 g/mol. The maximum absolute atomic E-state index is 5.68. The summed E-state index contributed by atoms with van der Waals surface area (Å²) in [7, 11) is 2.00. The number of aryl methyl sites for hydroxylation is 1. The Morgan fingerprint density at radius 1 is 1.40 bits per heavy atom. The summed E-state index contributed by atoms with van der Waals surface area (Å²) in [5.74, 6) is 2.06. The second-order valence-corrected chi connectivity index (χ2v) is 4.97. The normalized spacial score (nSPS) is 13.1. The number of nitrogens with zero attached hydrogens (tertiary/aromatic N) is 3. The summed E-state index contributed by atoms with van der Waals surface area (Å²) in [4.78, 5) is 0. The number of thioether (sulfide) groups is 1. The lowest BCUT2D eigenvalue weighted by Gasteiger charge is -2.04. The molecule has 15 heavy (non-hydrogen) atoms. The van der Waals surface area contributed by atoms with Gasteiger partial charge in [0.15, 0.2) is 5.16 Å². The van der Waals surface area contributed by atoms with Gasteiger partial charge in [0.1, 0.15) is 5.82 Å². The fourth-order valence-electron chi connectivity index (χ4n) is 1.25. The average molecular weight is 228 g/mol. The van der Waals surface area contributed by atoms with Gasteiger partial charge in [-0.15, -0.1) is 10.2 Å². The van der Waals surface area contributed by atoms with Crippen LogP contribution in [0.2, 0.25) is 0 Å². The molecule has 1 unspecified atom stereocenters. The molecule has 0 bridgehead atoms. The van der Waals surface area contributed by atoms with E-state index in [1.165, 1.54) is 12.8 Å². The Labute approximate surface area is 95.6 Å². The average Bonchev–Trinajstić information content (AvgIpc) is 2.48. The van der Waals surface area contributed by atoms with Crippen LogP contribution < -0.4 is 5.73 Å². The lowest BCUT2D eigenvalue weighted by molar-refractivity contribution is 0.618. The Bertz CT molecular complexity index is 296. The molecule has 0 amide bonds. The van der Waals surface area contributed by atoms with E-state index in [0.717, 1.165) is 23.2 Å². The molecule has 0 spiro atoms. The minimum atomic E-state index is 0.326. The van der Waals surface area contributed by atoms with Crippen LogP contribution >= 0.6 is 11.8 Å². The van der Waals surface area contributed by atoms with Crippen LogP contribution in [0.1, 0.15) is 32.0 Å². The van der Waals surface area contributed by atoms with Gasteiger partial charge in [-0.05, 0) is 26.7 Å². The van der Waals surface area contributed by atoms with Gasteiger partial charge in [-0.3, -0.25) is 0 Å². The van der Waals surface area contributed by atoms with E-state index in [0.29, 0.717) is 6.04 Å². The molecular weight excluding hydrogens is 208 g/mol. The van der Waals surface area contributed by atoms with Crippen molar-refractivity contribution in [3.63, 3.8) is 0 Å². The quantitative estimate of drug-likeness (QED) is 0.595. The fraction of sp³-hybridized carbons (Fsp3) is 0.800. The highest BCUT2D eigenvalue weighted by atomic mass is 32.2. The van der Waals surface area contributed by atoms with Crippen molar-refractivity contribution in [1.82, 2.24) is 14.8 Å². The van der Waals surface area contributed by atoms with Crippen molar-refractivity contribution in [2.24, 2.45) is 12.8 Å². The van der Waals surface area contributed by atoms with Crippen molar-refractivity contribution < 1.29 is 0 Å². The minimum Gasteiger partial charge on any atom is -0.328 e. The van der Waals surface area contributed by atoms with E-state index < -0.39 is 0 Å². The lowest BCUT2D eigenvalue weighted by Crippen LogP contribution is -2.14. The maximum atomic E-state index is 5.68. The molecule has 1 atom stereocenters. The van der Waals surface area contributed by atoms with Crippen LogP contribution in [0.5, 0.6) is 0 Å². The zero-order valence-corrected chi connectivity index (χ0v) is 10.5. The van der Waals surface area contributed by atoms with Crippen LogP contribution in [0.3, 0.4) is 0 Å². The molecule has 0 aromatic carbocycles. The highest BCUT2D eigenvalue weighted by molar-refractivity contribution is 7.99. The van der Waals surface area contributed by atoms with Gasteiger partial charge < -0.3 is 10.3 Å². The molecule has 2 N–H and O–H groups in total. The second kappa shape index (κ2) is 6.12. The fourth-order valence-corrected chi connectivity index (χ4v) is 2.20. The van der Waals surface area contributed by atoms with Crippen LogP contribution in [-0.2, 0) is 7.05 Å². The van der Waals surface area contributed by atoms with Crippen molar-refractivity contribution in [3.05, 3.63) is 5.82 Å².